The number of hydrogen-bond acceptors (Lipinski definition) is 6. The molecule has 1 aliphatic carbocycles. The molecule has 36 heavy (non-hydrogen) atoms. The van der Waals surface area contributed by atoms with Crippen molar-refractivity contribution in [3.63, 3.8) is 0 Å². The predicted octanol–water partition coefficient (Wildman–Crippen LogP) is 6.63. The Hall–Kier alpha value is -3.84. The summed E-state index contributed by atoms with van der Waals surface area (Å²) in [5, 5.41) is 12.6. The summed E-state index contributed by atoms with van der Waals surface area (Å²) in [6.45, 7) is 1.88. The second-order valence-electron chi connectivity index (χ2n) is 8.04. The van der Waals surface area contributed by atoms with Crippen LogP contribution in [0.15, 0.2) is 46.4 Å². The fraction of sp³-hybridized carbons (Fsp3) is 0.269. The number of aryl methyl sites for hydroxylation is 1. The van der Waals surface area contributed by atoms with Gasteiger partial charge in [-0.3, -0.25) is 4.79 Å². The number of alkyl halides is 3. The Balaban J connectivity index is 1.59. The summed E-state index contributed by atoms with van der Waals surface area (Å²) in [7, 11) is 0. The second kappa shape index (κ2) is 10.4. The summed E-state index contributed by atoms with van der Waals surface area (Å²) >= 11 is 1.30. The lowest BCUT2D eigenvalue weighted by Crippen LogP contribution is -2.16. The zero-order valence-electron chi connectivity index (χ0n) is 19.2. The topological polar surface area (TPSA) is 92.3 Å². The van der Waals surface area contributed by atoms with Crippen LogP contribution in [0.3, 0.4) is 0 Å². The highest BCUT2D eigenvalue weighted by molar-refractivity contribution is 7.17. The molecule has 0 radical (unpaired) electrons. The standard InChI is InChI=1S/C26H21F3N2O4S/c1-2-34-25(33)22-19-8-3-4-9-21(19)36-24(22)31-23(32)16(14-30)13-18-10-11-20(35-18)15-6-5-7-17(12-15)26(27,28)29/h5-7,10-13H,2-4,8-9H2,1H3,(H,31,32)/b16-13-. The molecule has 0 bridgehead atoms. The molecule has 1 aliphatic rings. The van der Waals surface area contributed by atoms with Crippen molar-refractivity contribution >= 4 is 34.3 Å². The van der Waals surface area contributed by atoms with Gasteiger partial charge in [0.25, 0.3) is 5.91 Å². The number of nitrogens with zero attached hydrogens (tertiary/aromatic N) is 1. The molecule has 3 aromatic rings. The first kappa shape index (κ1) is 25.3. The van der Waals surface area contributed by atoms with Crippen LogP contribution in [-0.4, -0.2) is 18.5 Å². The van der Waals surface area contributed by atoms with Gasteiger partial charge in [0.1, 0.15) is 28.2 Å². The molecule has 1 aromatic carbocycles. The first-order valence-electron chi connectivity index (χ1n) is 11.2. The Morgan fingerprint density at radius 2 is 2.00 bits per heavy atom. The summed E-state index contributed by atoms with van der Waals surface area (Å²) in [5.41, 5.74) is 0.296. The minimum Gasteiger partial charge on any atom is -0.462 e. The molecule has 1 amide bonds. The van der Waals surface area contributed by atoms with Crippen molar-refractivity contribution in [1.29, 1.82) is 5.26 Å². The molecule has 1 N–H and O–H groups in total. The molecular weight excluding hydrogens is 493 g/mol. The molecule has 0 aliphatic heterocycles. The van der Waals surface area contributed by atoms with E-state index in [9.17, 15) is 28.0 Å². The van der Waals surface area contributed by atoms with Crippen LogP contribution in [0, 0.1) is 11.3 Å². The fourth-order valence-corrected chi connectivity index (χ4v) is 5.24. The van der Waals surface area contributed by atoms with Gasteiger partial charge in [0, 0.05) is 16.5 Å². The number of ether oxygens (including phenoxy) is 1. The summed E-state index contributed by atoms with van der Waals surface area (Å²) in [4.78, 5) is 26.5. The maximum absolute atomic E-state index is 13.0. The Morgan fingerprint density at radius 3 is 2.72 bits per heavy atom. The number of carbonyl (C=O) groups excluding carboxylic acids is 2. The molecule has 186 valence electrons. The molecule has 0 saturated heterocycles. The maximum atomic E-state index is 13.0. The molecule has 0 fully saturated rings. The number of benzene rings is 1. The number of thiophene rings is 1. The molecule has 0 spiro atoms. The van der Waals surface area contributed by atoms with E-state index in [-0.39, 0.29) is 29.3 Å². The van der Waals surface area contributed by atoms with E-state index in [1.807, 2.05) is 6.07 Å². The van der Waals surface area contributed by atoms with Crippen LogP contribution in [0.25, 0.3) is 17.4 Å². The molecule has 0 atom stereocenters. The van der Waals surface area contributed by atoms with Crippen molar-refractivity contribution in [2.45, 2.75) is 38.8 Å². The molecule has 4 rings (SSSR count). The Morgan fingerprint density at radius 1 is 1.22 bits per heavy atom. The lowest BCUT2D eigenvalue weighted by Gasteiger charge is -2.12. The number of furan rings is 1. The van der Waals surface area contributed by atoms with Crippen molar-refractivity contribution in [3.8, 4) is 17.4 Å². The van der Waals surface area contributed by atoms with E-state index in [0.29, 0.717) is 17.0 Å². The maximum Gasteiger partial charge on any atom is 0.416 e. The highest BCUT2D eigenvalue weighted by Crippen LogP contribution is 2.39. The predicted molar refractivity (Wildman–Crippen MR) is 128 cm³/mol. The number of amides is 1. The summed E-state index contributed by atoms with van der Waals surface area (Å²) in [5.74, 6) is -0.990. The number of rotatable bonds is 6. The number of carbonyl (C=O) groups is 2. The van der Waals surface area contributed by atoms with Gasteiger partial charge < -0.3 is 14.5 Å². The Labute approximate surface area is 209 Å². The lowest BCUT2D eigenvalue weighted by atomic mass is 9.95. The van der Waals surface area contributed by atoms with Crippen molar-refractivity contribution < 1.29 is 31.9 Å². The fourth-order valence-electron chi connectivity index (χ4n) is 3.97. The van der Waals surface area contributed by atoms with E-state index in [1.165, 1.54) is 41.7 Å². The average molecular weight is 515 g/mol. The highest BCUT2D eigenvalue weighted by atomic mass is 32.1. The minimum absolute atomic E-state index is 0.116. The van der Waals surface area contributed by atoms with Gasteiger partial charge in [0.15, 0.2) is 0 Å². The third-order valence-electron chi connectivity index (χ3n) is 5.63. The van der Waals surface area contributed by atoms with Crippen molar-refractivity contribution in [2.75, 3.05) is 11.9 Å². The Kier molecular flexibility index (Phi) is 7.31. The zero-order valence-corrected chi connectivity index (χ0v) is 20.0. The van der Waals surface area contributed by atoms with Gasteiger partial charge in [0.2, 0.25) is 0 Å². The van der Waals surface area contributed by atoms with E-state index in [4.69, 9.17) is 9.15 Å². The number of anilines is 1. The number of halogens is 3. The molecule has 2 heterocycles. The van der Waals surface area contributed by atoms with Gasteiger partial charge in [0.05, 0.1) is 17.7 Å². The van der Waals surface area contributed by atoms with Crippen LogP contribution in [0.5, 0.6) is 0 Å². The smallest absolute Gasteiger partial charge is 0.416 e. The third kappa shape index (κ3) is 5.36. The number of hydrogen-bond donors (Lipinski definition) is 1. The second-order valence-corrected chi connectivity index (χ2v) is 9.15. The van der Waals surface area contributed by atoms with Gasteiger partial charge in [-0.25, -0.2) is 4.79 Å². The zero-order chi connectivity index (χ0) is 25.9. The Bertz CT molecular complexity index is 1380. The summed E-state index contributed by atoms with van der Waals surface area (Å²) in [6.07, 6.45) is 0.124. The number of nitrogens with one attached hydrogen (secondary N) is 1. The quantitative estimate of drug-likeness (QED) is 0.227. The first-order chi connectivity index (χ1) is 17.2. The third-order valence-corrected chi connectivity index (χ3v) is 6.84. The van der Waals surface area contributed by atoms with Crippen molar-refractivity contribution in [2.24, 2.45) is 0 Å². The normalized spacial score (nSPS) is 13.6. The monoisotopic (exact) mass is 514 g/mol. The van der Waals surface area contributed by atoms with E-state index in [0.717, 1.165) is 41.8 Å². The first-order valence-corrected chi connectivity index (χ1v) is 12.0. The van der Waals surface area contributed by atoms with Crippen LogP contribution in [0.2, 0.25) is 0 Å². The van der Waals surface area contributed by atoms with E-state index in [1.54, 1.807) is 6.92 Å². The van der Waals surface area contributed by atoms with Gasteiger partial charge in [-0.1, -0.05) is 12.1 Å². The largest absolute Gasteiger partial charge is 0.462 e. The molecule has 0 unspecified atom stereocenters. The van der Waals surface area contributed by atoms with Crippen molar-refractivity contribution in [1.82, 2.24) is 0 Å². The summed E-state index contributed by atoms with van der Waals surface area (Å²) in [6, 6.07) is 9.38. The molecule has 0 saturated carbocycles. The van der Waals surface area contributed by atoms with Crippen LogP contribution in [0.1, 0.15) is 51.9 Å². The van der Waals surface area contributed by atoms with Gasteiger partial charge in [-0.2, -0.15) is 18.4 Å². The van der Waals surface area contributed by atoms with Gasteiger partial charge in [-0.05, 0) is 62.4 Å². The van der Waals surface area contributed by atoms with Gasteiger partial charge >= 0.3 is 12.1 Å². The van der Waals surface area contributed by atoms with Crippen molar-refractivity contribution in [3.05, 3.63) is 69.3 Å². The van der Waals surface area contributed by atoms with Crippen LogP contribution >= 0.6 is 11.3 Å². The SMILES string of the molecule is CCOC(=O)c1c(NC(=O)/C(C#N)=C\c2ccc(-c3cccc(C(F)(F)F)c3)o2)sc2c1CCCC2. The van der Waals surface area contributed by atoms with Crippen LogP contribution < -0.4 is 5.32 Å². The van der Waals surface area contributed by atoms with E-state index < -0.39 is 23.6 Å². The average Bonchev–Trinajstić information content (AvgIpc) is 3.46. The van der Waals surface area contributed by atoms with Crippen LogP contribution in [0.4, 0.5) is 18.2 Å². The molecule has 2 aromatic heterocycles. The highest BCUT2D eigenvalue weighted by Gasteiger charge is 2.31. The number of esters is 1. The number of nitriles is 1. The molecule has 6 nitrogen and oxygen atoms in total. The summed E-state index contributed by atoms with van der Waals surface area (Å²) < 4.78 is 49.8. The van der Waals surface area contributed by atoms with Crippen LogP contribution in [-0.2, 0) is 28.5 Å². The molecular formula is C26H21F3N2O4S. The van der Waals surface area contributed by atoms with E-state index in [2.05, 4.69) is 5.32 Å². The van der Waals surface area contributed by atoms with E-state index >= 15 is 0 Å². The molecule has 10 heteroatoms. The lowest BCUT2D eigenvalue weighted by molar-refractivity contribution is -0.137. The number of fused-ring (bicyclic) bond motifs is 1. The minimum atomic E-state index is -4.50. The van der Waals surface area contributed by atoms with Gasteiger partial charge in [-0.15, -0.1) is 11.3 Å².